The van der Waals surface area contributed by atoms with Crippen LogP contribution in [0.25, 0.3) is 0 Å². The molecule has 0 fully saturated rings. The van der Waals surface area contributed by atoms with Gasteiger partial charge in [0.1, 0.15) is 0 Å². The first-order valence-corrected chi connectivity index (χ1v) is 16.6. The van der Waals surface area contributed by atoms with E-state index in [9.17, 15) is 72.0 Å². The highest BCUT2D eigenvalue weighted by Gasteiger charge is 2.35. The number of carboxylic acid groups (broad SMARTS) is 8. The Morgan fingerprint density at radius 1 is 0.312 bits per heavy atom. The van der Waals surface area contributed by atoms with E-state index in [4.69, 9.17) is 59.1 Å². The van der Waals surface area contributed by atoms with E-state index in [1.54, 1.807) is 0 Å². The SMILES string of the molecule is O=C(O)CC(C(=O)O)S(=O)(=O)O.O=C(O)CC(C(=O)O)S(=O)(=O)O.O=C(O)CC(C(=O)O)S(=O)(=O)O.O=C(O)CC(C(=O)O)S(=O)(=O)O. The minimum atomic E-state index is -4.84. The summed E-state index contributed by atoms with van der Waals surface area (Å²) in [5, 5.41) is 55.7. The van der Waals surface area contributed by atoms with Crippen LogP contribution in [0.1, 0.15) is 25.7 Å². The molecular weight excluding hydrogens is 768 g/mol. The second kappa shape index (κ2) is 20.6. The summed E-state index contributed by atoms with van der Waals surface area (Å²) in [4.78, 5) is 80.0. The molecule has 0 radical (unpaired) electrons. The van der Waals surface area contributed by atoms with E-state index < -0.39 is 135 Å². The summed E-state index contributed by atoms with van der Waals surface area (Å²) >= 11 is 0. The lowest BCUT2D eigenvalue weighted by Gasteiger charge is -2.04. The smallest absolute Gasteiger partial charge is 0.325 e. The van der Waals surface area contributed by atoms with Gasteiger partial charge in [-0.3, -0.25) is 56.6 Å². The van der Waals surface area contributed by atoms with Gasteiger partial charge in [0, 0.05) is 0 Å². The van der Waals surface area contributed by atoms with Crippen LogP contribution in [0.2, 0.25) is 0 Å². The highest BCUT2D eigenvalue weighted by atomic mass is 32.2. The molecule has 0 rings (SSSR count). The second-order valence-electron chi connectivity index (χ2n) is 7.76. The Morgan fingerprint density at radius 2 is 0.417 bits per heavy atom. The van der Waals surface area contributed by atoms with Gasteiger partial charge in [-0.05, 0) is 0 Å². The van der Waals surface area contributed by atoms with Crippen LogP contribution in [0.15, 0.2) is 0 Å². The van der Waals surface area contributed by atoms with Crippen molar-refractivity contribution in [3.8, 4) is 0 Å². The van der Waals surface area contributed by atoms with Crippen molar-refractivity contribution in [3.05, 3.63) is 0 Å². The quantitative estimate of drug-likeness (QED) is 0.0652. The highest BCUT2D eigenvalue weighted by Crippen LogP contribution is 2.06. The molecule has 0 aromatic carbocycles. The van der Waals surface area contributed by atoms with E-state index in [0.29, 0.717) is 0 Å². The van der Waals surface area contributed by atoms with Crippen LogP contribution < -0.4 is 0 Å². The highest BCUT2D eigenvalue weighted by molar-refractivity contribution is 7.88. The lowest BCUT2D eigenvalue weighted by atomic mass is 10.3. The summed E-state index contributed by atoms with van der Waals surface area (Å²) in [5.74, 6) is -14.0. The van der Waals surface area contributed by atoms with E-state index in [1.165, 1.54) is 0 Å². The largest absolute Gasteiger partial charge is 0.481 e. The van der Waals surface area contributed by atoms with Crippen LogP contribution in [-0.4, -0.2) is 161 Å². The van der Waals surface area contributed by atoms with Crippen molar-refractivity contribution in [2.75, 3.05) is 0 Å². The maximum atomic E-state index is 10.2. The van der Waals surface area contributed by atoms with Crippen molar-refractivity contribution in [3.63, 3.8) is 0 Å². The van der Waals surface area contributed by atoms with Crippen LogP contribution in [0.5, 0.6) is 0 Å². The number of rotatable bonds is 16. The standard InChI is InChI=1S/4C4H6O7S/c4*5-3(6)1-2(4(7)8)12(9,10)11/h4*2H,1H2,(H,5,6)(H,7,8)(H,9,10,11). The lowest BCUT2D eigenvalue weighted by molar-refractivity contribution is -0.143. The first kappa shape index (κ1) is 50.3. The van der Waals surface area contributed by atoms with Gasteiger partial charge in [0.2, 0.25) is 0 Å². The molecule has 0 amide bonds. The van der Waals surface area contributed by atoms with Crippen LogP contribution in [-0.2, 0) is 78.8 Å². The van der Waals surface area contributed by atoms with Gasteiger partial charge in [-0.25, -0.2) is 0 Å². The Morgan fingerprint density at radius 3 is 0.438 bits per heavy atom. The minimum absolute atomic E-state index is 1.16. The van der Waals surface area contributed by atoms with Crippen molar-refractivity contribution in [2.45, 2.75) is 46.7 Å². The first-order chi connectivity index (χ1) is 21.0. The van der Waals surface area contributed by atoms with Crippen molar-refractivity contribution < 1.29 is 131 Å². The van der Waals surface area contributed by atoms with Crippen LogP contribution in [0.4, 0.5) is 0 Å². The molecule has 0 aliphatic carbocycles. The fourth-order valence-electron chi connectivity index (χ4n) is 1.91. The Hall–Kier alpha value is -4.60. The van der Waals surface area contributed by atoms with E-state index in [0.717, 1.165) is 0 Å². The molecule has 0 aromatic rings. The fraction of sp³-hybridized carbons (Fsp3) is 0.500. The molecule has 0 spiro atoms. The predicted molar refractivity (Wildman–Crippen MR) is 141 cm³/mol. The zero-order chi connectivity index (χ0) is 39.8. The molecule has 0 saturated carbocycles. The van der Waals surface area contributed by atoms with E-state index in [1.807, 2.05) is 0 Å². The number of carboxylic acids is 8. The van der Waals surface area contributed by atoms with E-state index in [2.05, 4.69) is 0 Å². The van der Waals surface area contributed by atoms with Crippen LogP contribution in [0.3, 0.4) is 0 Å². The topological polar surface area (TPSA) is 516 Å². The molecule has 0 heterocycles. The summed E-state index contributed by atoms with van der Waals surface area (Å²) in [7, 11) is -19.4. The third-order valence-electron chi connectivity index (χ3n) is 3.98. The van der Waals surface area contributed by atoms with E-state index >= 15 is 0 Å². The van der Waals surface area contributed by atoms with Gasteiger partial charge in [0.05, 0.1) is 25.7 Å². The van der Waals surface area contributed by atoms with Crippen molar-refractivity contribution in [2.24, 2.45) is 0 Å². The molecule has 280 valence electrons. The Labute approximate surface area is 265 Å². The zero-order valence-electron chi connectivity index (χ0n) is 22.7. The maximum Gasteiger partial charge on any atom is 0.325 e. The van der Waals surface area contributed by atoms with Gasteiger partial charge in [-0.2, -0.15) is 33.7 Å². The summed E-state index contributed by atoms with van der Waals surface area (Å²) in [5.41, 5.74) is 0. The molecule has 0 aromatic heterocycles. The zero-order valence-corrected chi connectivity index (χ0v) is 25.9. The Bertz CT molecular complexity index is 1400. The predicted octanol–water partition coefficient (Wildman–Crippen LogP) is -4.79. The molecular formula is C16H24O28S4. The monoisotopic (exact) mass is 792 g/mol. The summed E-state index contributed by atoms with van der Waals surface area (Å²) in [6, 6.07) is 0. The van der Waals surface area contributed by atoms with Gasteiger partial charge in [-0.15, -0.1) is 0 Å². The Balaban J connectivity index is -0.000000269. The third-order valence-corrected chi connectivity index (χ3v) is 8.33. The van der Waals surface area contributed by atoms with Gasteiger partial charge in [0.25, 0.3) is 40.5 Å². The van der Waals surface area contributed by atoms with Gasteiger partial charge in [0.15, 0.2) is 21.0 Å². The van der Waals surface area contributed by atoms with Gasteiger partial charge >= 0.3 is 47.8 Å². The number of aliphatic carboxylic acids is 8. The number of hydrogen-bond donors (Lipinski definition) is 12. The van der Waals surface area contributed by atoms with Crippen molar-refractivity contribution >= 4 is 88.2 Å². The second-order valence-corrected chi connectivity index (χ2v) is 14.2. The maximum absolute atomic E-state index is 10.2. The van der Waals surface area contributed by atoms with Crippen LogP contribution in [0, 0.1) is 0 Å². The number of hydrogen-bond acceptors (Lipinski definition) is 16. The lowest BCUT2D eigenvalue weighted by Crippen LogP contribution is -2.31. The number of carbonyl (C=O) groups is 8. The van der Waals surface area contributed by atoms with Gasteiger partial charge in [-0.1, -0.05) is 0 Å². The summed E-state index contributed by atoms with van der Waals surface area (Å²) in [6.45, 7) is 0. The van der Waals surface area contributed by atoms with Crippen molar-refractivity contribution in [1.29, 1.82) is 0 Å². The molecule has 0 bridgehead atoms. The molecule has 48 heavy (non-hydrogen) atoms. The van der Waals surface area contributed by atoms with Crippen LogP contribution >= 0.6 is 0 Å². The molecule has 28 nitrogen and oxygen atoms in total. The molecule has 4 atom stereocenters. The summed E-state index contributed by atoms with van der Waals surface area (Å²) < 4.78 is 115. The average Bonchev–Trinajstić information content (AvgIpc) is 2.80. The Kier molecular flexibility index (Phi) is 21.6. The molecule has 12 N–H and O–H groups in total. The molecule has 4 unspecified atom stereocenters. The van der Waals surface area contributed by atoms with Crippen molar-refractivity contribution in [1.82, 2.24) is 0 Å². The third kappa shape index (κ3) is 25.6. The summed E-state index contributed by atoms with van der Waals surface area (Å²) in [6.07, 6.45) is -4.63. The normalized spacial score (nSPS) is 13.8. The van der Waals surface area contributed by atoms with E-state index in [-0.39, 0.29) is 0 Å². The molecule has 0 saturated heterocycles. The minimum Gasteiger partial charge on any atom is -0.481 e. The molecule has 0 aliphatic heterocycles. The fourth-order valence-corrected chi connectivity index (χ4v) is 4.35. The molecule has 0 aliphatic rings. The van der Waals surface area contributed by atoms with Gasteiger partial charge < -0.3 is 40.9 Å². The first-order valence-electron chi connectivity index (χ1n) is 10.6. The molecule has 32 heteroatoms. The average molecular weight is 793 g/mol.